The van der Waals surface area contributed by atoms with Crippen molar-refractivity contribution in [2.45, 2.75) is 6.42 Å². The summed E-state index contributed by atoms with van der Waals surface area (Å²) in [6, 6.07) is 7.68. The zero-order valence-corrected chi connectivity index (χ0v) is 10.0. The molecule has 0 atom stereocenters. The predicted molar refractivity (Wildman–Crippen MR) is 65.5 cm³/mol. The highest BCUT2D eigenvalue weighted by molar-refractivity contribution is 9.11. The minimum atomic E-state index is 0.733. The van der Waals surface area contributed by atoms with Gasteiger partial charge in [0.05, 0.1) is 0 Å². The highest BCUT2D eigenvalue weighted by Crippen LogP contribution is 2.37. The van der Waals surface area contributed by atoms with Crippen molar-refractivity contribution in [3.8, 4) is 11.5 Å². The summed E-state index contributed by atoms with van der Waals surface area (Å²) in [6.07, 6.45) is 6.66. The molecule has 0 fully saturated rings. The van der Waals surface area contributed by atoms with Gasteiger partial charge in [0.1, 0.15) is 0 Å². The maximum absolute atomic E-state index is 5.80. The molecule has 1 aliphatic carbocycles. The molecule has 0 unspecified atom stereocenters. The van der Waals surface area contributed by atoms with E-state index in [1.807, 2.05) is 36.4 Å². The van der Waals surface area contributed by atoms with Gasteiger partial charge in [0.25, 0.3) is 0 Å². The van der Waals surface area contributed by atoms with E-state index in [-0.39, 0.29) is 0 Å². The number of para-hydroxylation sites is 2. The van der Waals surface area contributed by atoms with Crippen LogP contribution in [0.15, 0.2) is 58.5 Å². The molecule has 3 rings (SSSR count). The lowest BCUT2D eigenvalue weighted by Gasteiger charge is -2.20. The van der Waals surface area contributed by atoms with Crippen molar-refractivity contribution in [1.29, 1.82) is 0 Å². The Bertz CT molecular complexity index is 526. The molecule has 0 aromatic heterocycles. The highest BCUT2D eigenvalue weighted by Gasteiger charge is 2.19. The number of rotatable bonds is 0. The van der Waals surface area contributed by atoms with E-state index in [1.54, 1.807) is 0 Å². The van der Waals surface area contributed by atoms with Gasteiger partial charge in [-0.2, -0.15) is 0 Å². The van der Waals surface area contributed by atoms with E-state index in [4.69, 9.17) is 9.47 Å². The molecule has 0 spiro atoms. The van der Waals surface area contributed by atoms with Crippen LogP contribution in [-0.2, 0) is 0 Å². The van der Waals surface area contributed by atoms with Crippen molar-refractivity contribution in [2.75, 3.05) is 0 Å². The topological polar surface area (TPSA) is 18.5 Å². The lowest BCUT2D eigenvalue weighted by atomic mass is 10.2. The summed E-state index contributed by atoms with van der Waals surface area (Å²) in [5.74, 6) is 3.18. The Morgan fingerprint density at radius 2 is 1.75 bits per heavy atom. The zero-order chi connectivity index (χ0) is 11.0. The number of benzene rings is 1. The molecule has 80 valence electrons. The largest absolute Gasteiger partial charge is 0.454 e. The maximum atomic E-state index is 5.80. The van der Waals surface area contributed by atoms with Crippen LogP contribution in [0.3, 0.4) is 0 Å². The van der Waals surface area contributed by atoms with E-state index in [2.05, 4.69) is 22.0 Å². The molecule has 0 bridgehead atoms. The number of allylic oxidation sites excluding steroid dienone is 4. The smallest absolute Gasteiger partial charge is 0.170 e. The van der Waals surface area contributed by atoms with Crippen LogP contribution in [0, 0.1) is 0 Å². The molecule has 0 amide bonds. The normalized spacial score (nSPS) is 17.7. The van der Waals surface area contributed by atoms with Gasteiger partial charge in [0.15, 0.2) is 23.0 Å². The third kappa shape index (κ3) is 1.67. The zero-order valence-electron chi connectivity index (χ0n) is 8.44. The molecular formula is C13H9BrO2. The van der Waals surface area contributed by atoms with Crippen LogP contribution in [0.2, 0.25) is 0 Å². The first-order valence-corrected chi connectivity index (χ1v) is 5.84. The van der Waals surface area contributed by atoms with Gasteiger partial charge in [0, 0.05) is 10.9 Å². The summed E-state index contributed by atoms with van der Waals surface area (Å²) in [7, 11) is 0. The van der Waals surface area contributed by atoms with Gasteiger partial charge in [-0.1, -0.05) is 34.1 Å². The highest BCUT2D eigenvalue weighted by atomic mass is 79.9. The molecule has 2 nitrogen and oxygen atoms in total. The Kier molecular flexibility index (Phi) is 2.33. The van der Waals surface area contributed by atoms with Gasteiger partial charge in [0.2, 0.25) is 0 Å². The van der Waals surface area contributed by atoms with Crippen molar-refractivity contribution in [1.82, 2.24) is 0 Å². The molecule has 0 saturated carbocycles. The van der Waals surface area contributed by atoms with Crippen LogP contribution in [0.25, 0.3) is 0 Å². The molecule has 1 heterocycles. The van der Waals surface area contributed by atoms with Crippen molar-refractivity contribution >= 4 is 15.9 Å². The Labute approximate surface area is 102 Å². The Balaban J connectivity index is 2.00. The van der Waals surface area contributed by atoms with Crippen LogP contribution < -0.4 is 9.47 Å². The summed E-state index contributed by atoms with van der Waals surface area (Å²) in [5, 5.41) is 0. The van der Waals surface area contributed by atoms with Crippen LogP contribution >= 0.6 is 15.9 Å². The standard InChI is InChI=1S/C13H9BrO2/c14-9-5-7-12-13(8-6-9)16-11-4-2-1-3-10(11)15-12/h1-7H,8H2. The fraction of sp³-hybridized carbons (Fsp3) is 0.0769. The second-order valence-electron chi connectivity index (χ2n) is 3.56. The molecule has 1 aliphatic heterocycles. The van der Waals surface area contributed by atoms with Gasteiger partial charge >= 0.3 is 0 Å². The number of ether oxygens (including phenoxy) is 2. The van der Waals surface area contributed by atoms with Gasteiger partial charge in [-0.25, -0.2) is 0 Å². The van der Waals surface area contributed by atoms with Crippen LogP contribution in [0.1, 0.15) is 6.42 Å². The van der Waals surface area contributed by atoms with Gasteiger partial charge in [-0.3, -0.25) is 0 Å². The average molecular weight is 277 g/mol. The molecule has 1 aromatic carbocycles. The van der Waals surface area contributed by atoms with E-state index >= 15 is 0 Å². The van der Waals surface area contributed by atoms with Crippen LogP contribution in [0.4, 0.5) is 0 Å². The number of halogens is 1. The Morgan fingerprint density at radius 1 is 1.00 bits per heavy atom. The first-order chi connectivity index (χ1) is 7.83. The van der Waals surface area contributed by atoms with Crippen LogP contribution in [0.5, 0.6) is 11.5 Å². The van der Waals surface area contributed by atoms with E-state index < -0.39 is 0 Å². The van der Waals surface area contributed by atoms with E-state index in [1.165, 1.54) is 0 Å². The molecule has 3 heteroatoms. The molecule has 16 heavy (non-hydrogen) atoms. The van der Waals surface area contributed by atoms with Crippen LogP contribution in [-0.4, -0.2) is 0 Å². The quantitative estimate of drug-likeness (QED) is 0.715. The van der Waals surface area contributed by atoms with E-state index in [9.17, 15) is 0 Å². The minimum Gasteiger partial charge on any atom is -0.454 e. The fourth-order valence-corrected chi connectivity index (χ4v) is 1.95. The van der Waals surface area contributed by atoms with Crippen molar-refractivity contribution < 1.29 is 9.47 Å². The third-order valence-electron chi connectivity index (χ3n) is 2.45. The molecule has 0 N–H and O–H groups in total. The Morgan fingerprint density at radius 3 is 2.56 bits per heavy atom. The van der Waals surface area contributed by atoms with Gasteiger partial charge in [-0.05, 0) is 24.3 Å². The first-order valence-electron chi connectivity index (χ1n) is 5.04. The SMILES string of the molecule is BrC1=CCC2=C(C=C1)Oc1ccccc1O2. The third-order valence-corrected chi connectivity index (χ3v) is 3.04. The van der Waals surface area contributed by atoms with Gasteiger partial charge in [-0.15, -0.1) is 0 Å². The molecular weight excluding hydrogens is 268 g/mol. The van der Waals surface area contributed by atoms with Crippen molar-refractivity contribution in [3.63, 3.8) is 0 Å². The molecule has 2 aliphatic rings. The molecule has 1 aromatic rings. The summed E-state index contributed by atoms with van der Waals surface area (Å²) in [4.78, 5) is 0. The summed E-state index contributed by atoms with van der Waals surface area (Å²) < 4.78 is 12.6. The maximum Gasteiger partial charge on any atom is 0.170 e. The number of fused-ring (bicyclic) bond motifs is 1. The Hall–Kier alpha value is -1.48. The average Bonchev–Trinajstić information content (AvgIpc) is 2.49. The predicted octanol–water partition coefficient (Wildman–Crippen LogP) is 3.91. The van der Waals surface area contributed by atoms with Crippen molar-refractivity contribution in [3.05, 3.63) is 58.5 Å². The van der Waals surface area contributed by atoms with E-state index in [0.29, 0.717) is 0 Å². The second kappa shape index (κ2) is 3.83. The summed E-state index contributed by atoms with van der Waals surface area (Å²) in [5.41, 5.74) is 0. The van der Waals surface area contributed by atoms with E-state index in [0.717, 1.165) is 33.9 Å². The fourth-order valence-electron chi connectivity index (χ4n) is 1.66. The monoisotopic (exact) mass is 276 g/mol. The van der Waals surface area contributed by atoms with Gasteiger partial charge < -0.3 is 9.47 Å². The minimum absolute atomic E-state index is 0.733. The lowest BCUT2D eigenvalue weighted by molar-refractivity contribution is 0.300. The summed E-state index contributed by atoms with van der Waals surface area (Å²) >= 11 is 3.44. The van der Waals surface area contributed by atoms with Crippen molar-refractivity contribution in [2.24, 2.45) is 0 Å². The number of hydrogen-bond acceptors (Lipinski definition) is 2. The second-order valence-corrected chi connectivity index (χ2v) is 4.48. The summed E-state index contributed by atoms with van der Waals surface area (Å²) in [6.45, 7) is 0. The first kappa shape index (κ1) is 9.73. The number of hydrogen-bond donors (Lipinski definition) is 0. The molecule has 0 saturated heterocycles. The molecule has 0 radical (unpaired) electrons. The lowest BCUT2D eigenvalue weighted by Crippen LogP contribution is -2.09.